The highest BCUT2D eigenvalue weighted by Crippen LogP contribution is 2.47. The second-order valence-corrected chi connectivity index (χ2v) is 12.5. The van der Waals surface area contributed by atoms with Crippen molar-refractivity contribution in [2.45, 2.75) is 0 Å². The number of rotatable bonds is 5. The third-order valence-corrected chi connectivity index (χ3v) is 9.44. The summed E-state index contributed by atoms with van der Waals surface area (Å²) in [4.78, 5) is 17.0. The van der Waals surface area contributed by atoms with Crippen molar-refractivity contribution in [3.63, 3.8) is 0 Å². The predicted molar refractivity (Wildman–Crippen MR) is 204 cm³/mol. The van der Waals surface area contributed by atoms with Gasteiger partial charge in [-0.2, -0.15) is 0 Å². The molecule has 0 N–H and O–H groups in total. The lowest BCUT2D eigenvalue weighted by Crippen LogP contribution is -2.12. The monoisotopic (exact) mass is 640 g/mol. The van der Waals surface area contributed by atoms with E-state index in [0.717, 1.165) is 61.1 Å². The molecule has 7 aromatic carbocycles. The SMILES string of the molecule is C1=CN(c2ccccc2)c2c3oc4cc(-c5cccc(-c6nc(-c7ccccc7)nc(-c7ccccc7)n6)c5)ccc4c3cc3cccc1c23. The topological polar surface area (TPSA) is 55.1 Å². The van der Waals surface area contributed by atoms with Gasteiger partial charge in [0, 0.05) is 44.7 Å². The zero-order chi connectivity index (χ0) is 33.0. The lowest BCUT2D eigenvalue weighted by atomic mass is 9.96. The molecule has 0 saturated heterocycles. The number of para-hydroxylation sites is 1. The number of benzene rings is 7. The van der Waals surface area contributed by atoms with Crippen molar-refractivity contribution in [2.24, 2.45) is 0 Å². The van der Waals surface area contributed by atoms with Crippen LogP contribution in [-0.4, -0.2) is 15.0 Å². The molecular weight excluding hydrogens is 613 g/mol. The molecule has 1 aliphatic rings. The molecular formula is C45H28N4O. The van der Waals surface area contributed by atoms with Gasteiger partial charge in [-0.15, -0.1) is 0 Å². The summed E-state index contributed by atoms with van der Waals surface area (Å²) < 4.78 is 6.82. The van der Waals surface area contributed by atoms with Crippen molar-refractivity contribution in [2.75, 3.05) is 4.90 Å². The first-order chi connectivity index (χ1) is 24.8. The number of nitrogens with zero attached hydrogens (tertiary/aromatic N) is 4. The Morgan fingerprint density at radius 1 is 0.460 bits per heavy atom. The molecule has 50 heavy (non-hydrogen) atoms. The number of hydrogen-bond acceptors (Lipinski definition) is 5. The van der Waals surface area contributed by atoms with E-state index < -0.39 is 0 Å². The Morgan fingerprint density at radius 3 is 1.78 bits per heavy atom. The van der Waals surface area contributed by atoms with Gasteiger partial charge < -0.3 is 9.32 Å². The van der Waals surface area contributed by atoms with E-state index in [2.05, 4.69) is 108 Å². The van der Waals surface area contributed by atoms with Crippen molar-refractivity contribution < 1.29 is 4.42 Å². The highest BCUT2D eigenvalue weighted by Gasteiger charge is 2.24. The molecule has 0 aliphatic carbocycles. The third-order valence-electron chi connectivity index (χ3n) is 9.44. The molecule has 0 spiro atoms. The lowest BCUT2D eigenvalue weighted by Gasteiger charge is -2.26. The molecule has 0 bridgehead atoms. The van der Waals surface area contributed by atoms with Crippen LogP contribution >= 0.6 is 0 Å². The molecule has 9 aromatic rings. The quantitative estimate of drug-likeness (QED) is 0.187. The molecule has 0 fully saturated rings. The summed E-state index contributed by atoms with van der Waals surface area (Å²) in [5.41, 5.74) is 9.98. The second-order valence-electron chi connectivity index (χ2n) is 12.5. The van der Waals surface area contributed by atoms with Crippen LogP contribution in [0.25, 0.3) is 84.1 Å². The van der Waals surface area contributed by atoms with E-state index in [1.807, 2.05) is 66.7 Å². The van der Waals surface area contributed by atoms with E-state index in [-0.39, 0.29) is 0 Å². The van der Waals surface area contributed by atoms with Crippen molar-refractivity contribution >= 4 is 50.2 Å². The van der Waals surface area contributed by atoms with Crippen LogP contribution in [0.2, 0.25) is 0 Å². The van der Waals surface area contributed by atoms with Gasteiger partial charge in [-0.1, -0.05) is 121 Å². The van der Waals surface area contributed by atoms with Crippen molar-refractivity contribution in [1.29, 1.82) is 0 Å². The van der Waals surface area contributed by atoms with Gasteiger partial charge >= 0.3 is 0 Å². The summed E-state index contributed by atoms with van der Waals surface area (Å²) in [6, 6.07) is 54.2. The van der Waals surface area contributed by atoms with E-state index >= 15 is 0 Å². The highest BCUT2D eigenvalue weighted by atomic mass is 16.3. The predicted octanol–water partition coefficient (Wildman–Crippen LogP) is 11.7. The van der Waals surface area contributed by atoms with Crippen molar-refractivity contribution in [3.8, 4) is 45.3 Å². The summed E-state index contributed by atoms with van der Waals surface area (Å²) >= 11 is 0. The normalized spacial score (nSPS) is 12.3. The number of aromatic nitrogens is 3. The largest absolute Gasteiger partial charge is 0.454 e. The molecule has 2 aromatic heterocycles. The Balaban J connectivity index is 1.11. The molecule has 1 aliphatic heterocycles. The van der Waals surface area contributed by atoms with E-state index in [1.165, 1.54) is 16.3 Å². The highest BCUT2D eigenvalue weighted by molar-refractivity contribution is 6.21. The molecule has 234 valence electrons. The van der Waals surface area contributed by atoms with Crippen LogP contribution in [0.1, 0.15) is 5.56 Å². The zero-order valence-corrected chi connectivity index (χ0v) is 26.9. The smallest absolute Gasteiger partial charge is 0.164 e. The van der Waals surface area contributed by atoms with Crippen molar-refractivity contribution in [3.05, 3.63) is 169 Å². The van der Waals surface area contributed by atoms with Gasteiger partial charge in [-0.25, -0.2) is 15.0 Å². The van der Waals surface area contributed by atoms with Crippen LogP contribution in [0.3, 0.4) is 0 Å². The van der Waals surface area contributed by atoms with Crippen molar-refractivity contribution in [1.82, 2.24) is 15.0 Å². The van der Waals surface area contributed by atoms with Crippen LogP contribution < -0.4 is 4.90 Å². The Bertz CT molecular complexity index is 2700. The minimum Gasteiger partial charge on any atom is -0.454 e. The van der Waals surface area contributed by atoms with E-state index in [4.69, 9.17) is 19.4 Å². The summed E-state index contributed by atoms with van der Waals surface area (Å²) in [5, 5.41) is 4.57. The first-order valence-electron chi connectivity index (χ1n) is 16.7. The first-order valence-corrected chi connectivity index (χ1v) is 16.7. The molecule has 3 heterocycles. The molecule has 0 unspecified atom stereocenters. The molecule has 0 amide bonds. The number of furan rings is 1. The van der Waals surface area contributed by atoms with Crippen LogP contribution in [-0.2, 0) is 0 Å². The third kappa shape index (κ3) is 4.67. The Hall–Kier alpha value is -6.85. The second kappa shape index (κ2) is 11.4. The molecule has 5 nitrogen and oxygen atoms in total. The van der Waals surface area contributed by atoms with Gasteiger partial charge in [0.25, 0.3) is 0 Å². The summed E-state index contributed by atoms with van der Waals surface area (Å²) in [7, 11) is 0. The zero-order valence-electron chi connectivity index (χ0n) is 26.9. The maximum absolute atomic E-state index is 6.82. The molecule has 0 saturated carbocycles. The fourth-order valence-corrected chi connectivity index (χ4v) is 7.04. The van der Waals surface area contributed by atoms with Gasteiger partial charge in [0.05, 0.1) is 5.69 Å². The summed E-state index contributed by atoms with van der Waals surface area (Å²) in [6.45, 7) is 0. The van der Waals surface area contributed by atoms with Gasteiger partial charge in [-0.05, 0) is 64.6 Å². The van der Waals surface area contributed by atoms with E-state index in [9.17, 15) is 0 Å². The maximum Gasteiger partial charge on any atom is 0.164 e. The fraction of sp³-hybridized carbons (Fsp3) is 0. The lowest BCUT2D eigenvalue weighted by molar-refractivity contribution is 0.669. The number of hydrogen-bond donors (Lipinski definition) is 0. The Kier molecular flexibility index (Phi) is 6.42. The molecule has 10 rings (SSSR count). The minimum atomic E-state index is 0.625. The van der Waals surface area contributed by atoms with Gasteiger partial charge in [0.15, 0.2) is 23.1 Å². The number of anilines is 2. The van der Waals surface area contributed by atoms with Gasteiger partial charge in [0.1, 0.15) is 5.58 Å². The van der Waals surface area contributed by atoms with Crippen LogP contribution in [0.15, 0.2) is 168 Å². The molecule has 0 atom stereocenters. The van der Waals surface area contributed by atoms with E-state index in [0.29, 0.717) is 17.5 Å². The summed E-state index contributed by atoms with van der Waals surface area (Å²) in [5.74, 6) is 1.91. The Morgan fingerprint density at radius 2 is 1.06 bits per heavy atom. The average molecular weight is 641 g/mol. The standard InChI is InChI=1S/C45H28N4O/c1-4-12-30(13-5-1)43-46-44(31-14-6-2-7-15-31)48-45(47-43)35-19-11-17-32(26-35)33-22-23-37-38-27-34-18-10-16-29-24-25-49(36-20-8-3-9-21-36)41(40(29)34)42(38)50-39(37)28-33/h1-28H. The minimum absolute atomic E-state index is 0.625. The Labute approximate surface area is 288 Å². The first kappa shape index (κ1) is 28.2. The number of fused-ring (bicyclic) bond motifs is 4. The van der Waals surface area contributed by atoms with E-state index in [1.54, 1.807) is 0 Å². The fourth-order valence-electron chi connectivity index (χ4n) is 7.04. The maximum atomic E-state index is 6.82. The summed E-state index contributed by atoms with van der Waals surface area (Å²) in [6.07, 6.45) is 4.32. The molecule has 0 radical (unpaired) electrons. The van der Waals surface area contributed by atoms with Gasteiger partial charge in [-0.3, -0.25) is 0 Å². The van der Waals surface area contributed by atoms with Gasteiger partial charge in [0.2, 0.25) is 0 Å². The van der Waals surface area contributed by atoms with Crippen LogP contribution in [0.5, 0.6) is 0 Å². The van der Waals surface area contributed by atoms with Crippen LogP contribution in [0, 0.1) is 0 Å². The van der Waals surface area contributed by atoms with Crippen LogP contribution in [0.4, 0.5) is 11.4 Å². The average Bonchev–Trinajstić information content (AvgIpc) is 3.57. The molecule has 5 heteroatoms.